The number of carbonyl (C=O) groups is 1. The van der Waals surface area contributed by atoms with Crippen molar-refractivity contribution in [3.63, 3.8) is 0 Å². The van der Waals surface area contributed by atoms with Gasteiger partial charge in [0.25, 0.3) is 0 Å². The van der Waals surface area contributed by atoms with Crippen LogP contribution in [0.25, 0.3) is 0 Å². The molecule has 0 aromatic carbocycles. The van der Waals surface area contributed by atoms with Crippen molar-refractivity contribution >= 4 is 37.0 Å². The summed E-state index contributed by atoms with van der Waals surface area (Å²) in [6, 6.07) is 0. The van der Waals surface area contributed by atoms with Gasteiger partial charge >= 0.3 is 116 Å². The SMILES string of the molecule is CN(C)c1ncnc(CCOC(=O)C[CH2][Po])n1. The molecule has 17 heavy (non-hydrogen) atoms. The van der Waals surface area contributed by atoms with Crippen molar-refractivity contribution in [2.45, 2.75) is 16.9 Å². The van der Waals surface area contributed by atoms with E-state index in [4.69, 9.17) is 4.74 Å². The zero-order valence-corrected chi connectivity index (χ0v) is 13.1. The first-order valence-corrected chi connectivity index (χ1v) is 7.47. The number of ether oxygens (including phenoxy) is 1. The fourth-order valence-electron chi connectivity index (χ4n) is 1.07. The van der Waals surface area contributed by atoms with Gasteiger partial charge in [-0.2, -0.15) is 0 Å². The zero-order chi connectivity index (χ0) is 12.7. The minimum atomic E-state index is -0.151. The van der Waals surface area contributed by atoms with E-state index in [1.165, 1.54) is 31.4 Å². The molecule has 1 rings (SSSR count). The molecule has 1 aromatic rings. The van der Waals surface area contributed by atoms with Crippen LogP contribution in [0.3, 0.4) is 0 Å². The van der Waals surface area contributed by atoms with Gasteiger partial charge in [0.2, 0.25) is 0 Å². The van der Waals surface area contributed by atoms with Crippen LogP contribution >= 0.6 is 0 Å². The third-order valence-electron chi connectivity index (χ3n) is 1.90. The molecule has 0 bridgehead atoms. The molecule has 93 valence electrons. The van der Waals surface area contributed by atoms with Crippen LogP contribution in [0.15, 0.2) is 6.33 Å². The summed E-state index contributed by atoms with van der Waals surface area (Å²) >= 11 is 1.39. The maximum atomic E-state index is 11.1. The first-order valence-electron chi connectivity index (χ1n) is 5.22. The number of esters is 1. The van der Waals surface area contributed by atoms with Gasteiger partial charge in [0.05, 0.1) is 0 Å². The van der Waals surface area contributed by atoms with Gasteiger partial charge in [-0.1, -0.05) is 0 Å². The molecule has 0 aliphatic heterocycles. The van der Waals surface area contributed by atoms with Gasteiger partial charge in [0, 0.05) is 0 Å². The van der Waals surface area contributed by atoms with Crippen molar-refractivity contribution < 1.29 is 9.53 Å². The molecular formula is C10H15N4O2Po. The molecule has 0 aliphatic rings. The van der Waals surface area contributed by atoms with E-state index in [-0.39, 0.29) is 5.97 Å². The molecule has 6 nitrogen and oxygen atoms in total. The van der Waals surface area contributed by atoms with Gasteiger partial charge in [-0.15, -0.1) is 0 Å². The number of hydrogen-bond donors (Lipinski definition) is 0. The molecule has 0 unspecified atom stereocenters. The second kappa shape index (κ2) is 7.49. The van der Waals surface area contributed by atoms with Crippen LogP contribution in [0.2, 0.25) is 4.08 Å². The van der Waals surface area contributed by atoms with Gasteiger partial charge in [-0.25, -0.2) is 0 Å². The Hall–Kier alpha value is -0.824. The standard InChI is InChI=1S/C10H15N4O2.Po/c1-4-9(15)16-6-5-8-11-7-12-10(13-8)14(2)3;/h7H,1,4-6H2,2-3H3;. The molecule has 0 N–H and O–H groups in total. The number of anilines is 1. The van der Waals surface area contributed by atoms with Crippen LogP contribution in [0.5, 0.6) is 0 Å². The number of nitrogens with zero attached hydrogens (tertiary/aromatic N) is 4. The fraction of sp³-hybridized carbons (Fsp3) is 0.600. The Labute approximate surface area is 116 Å². The monoisotopic (exact) mass is 432 g/mol. The van der Waals surface area contributed by atoms with Gasteiger partial charge in [-0.05, 0) is 0 Å². The summed E-state index contributed by atoms with van der Waals surface area (Å²) in [5.41, 5.74) is 0. The quantitative estimate of drug-likeness (QED) is 0.590. The van der Waals surface area contributed by atoms with Gasteiger partial charge in [0.15, 0.2) is 0 Å². The van der Waals surface area contributed by atoms with Crippen molar-refractivity contribution in [1.82, 2.24) is 15.0 Å². The number of carbonyl (C=O) groups excluding carboxylic acids is 1. The molecule has 0 saturated heterocycles. The van der Waals surface area contributed by atoms with Crippen molar-refractivity contribution in [1.29, 1.82) is 0 Å². The molecular weight excluding hydrogens is 417 g/mol. The van der Waals surface area contributed by atoms with Crippen LogP contribution in [-0.2, 0) is 16.0 Å². The fourth-order valence-corrected chi connectivity index (χ4v) is 1.72. The number of aromatic nitrogens is 3. The van der Waals surface area contributed by atoms with Crippen LogP contribution in [-0.4, -0.2) is 66.7 Å². The summed E-state index contributed by atoms with van der Waals surface area (Å²) in [5, 5.41) is 0. The maximum absolute atomic E-state index is 11.1. The topological polar surface area (TPSA) is 68.2 Å². The summed E-state index contributed by atoms with van der Waals surface area (Å²) in [4.78, 5) is 25.2. The summed E-state index contributed by atoms with van der Waals surface area (Å²) in [6.07, 6.45) is 2.48. The molecule has 0 amide bonds. The Morgan fingerprint density at radius 2 is 2.24 bits per heavy atom. The zero-order valence-electron chi connectivity index (χ0n) is 9.92. The predicted octanol–water partition coefficient (Wildman–Crippen LogP) is 0.000200. The van der Waals surface area contributed by atoms with Gasteiger partial charge < -0.3 is 0 Å². The summed E-state index contributed by atoms with van der Waals surface area (Å²) < 4.78 is 5.93. The van der Waals surface area contributed by atoms with E-state index >= 15 is 0 Å². The molecule has 0 saturated carbocycles. The van der Waals surface area contributed by atoms with E-state index in [9.17, 15) is 4.79 Å². The van der Waals surface area contributed by atoms with Crippen LogP contribution in [0.4, 0.5) is 5.95 Å². The molecule has 1 heterocycles. The normalized spacial score (nSPS) is 10.1. The van der Waals surface area contributed by atoms with Crippen LogP contribution in [0, 0.1) is 0 Å². The number of rotatable bonds is 6. The second-order valence-corrected chi connectivity index (χ2v) is 5.11. The first-order chi connectivity index (χ1) is 8.13. The number of hydrogen-bond acceptors (Lipinski definition) is 6. The molecule has 1 radical (unpaired) electrons. The average Bonchev–Trinajstić information content (AvgIpc) is 2.30. The van der Waals surface area contributed by atoms with E-state index < -0.39 is 0 Å². The molecule has 0 aliphatic carbocycles. The van der Waals surface area contributed by atoms with Crippen LogP contribution in [0.1, 0.15) is 12.2 Å². The molecule has 1 aromatic heterocycles. The van der Waals surface area contributed by atoms with E-state index in [1.54, 1.807) is 4.90 Å². The van der Waals surface area contributed by atoms with E-state index in [2.05, 4.69) is 15.0 Å². The second-order valence-electron chi connectivity index (χ2n) is 3.52. The minimum absolute atomic E-state index is 0.151. The van der Waals surface area contributed by atoms with Crippen LogP contribution < -0.4 is 4.90 Å². The van der Waals surface area contributed by atoms with E-state index in [0.29, 0.717) is 31.2 Å². The van der Waals surface area contributed by atoms with E-state index in [0.717, 1.165) is 4.08 Å². The third kappa shape index (κ3) is 5.36. The predicted molar refractivity (Wildman–Crippen MR) is 64.0 cm³/mol. The van der Waals surface area contributed by atoms with Crippen molar-refractivity contribution in [3.05, 3.63) is 12.2 Å². The molecule has 0 atom stereocenters. The Kier molecular flexibility index (Phi) is 6.27. The van der Waals surface area contributed by atoms with Crippen molar-refractivity contribution in [2.24, 2.45) is 0 Å². The first kappa shape index (κ1) is 14.2. The van der Waals surface area contributed by atoms with Gasteiger partial charge in [0.1, 0.15) is 0 Å². The van der Waals surface area contributed by atoms with Crippen molar-refractivity contribution in [3.8, 4) is 0 Å². The summed E-state index contributed by atoms with van der Waals surface area (Å²) in [7, 11) is 3.73. The molecule has 7 heteroatoms. The Morgan fingerprint density at radius 1 is 1.47 bits per heavy atom. The Morgan fingerprint density at radius 3 is 2.88 bits per heavy atom. The summed E-state index contributed by atoms with van der Waals surface area (Å²) in [6.45, 7) is 0.324. The summed E-state index contributed by atoms with van der Waals surface area (Å²) in [5.74, 6) is 1.10. The Bertz CT molecular complexity index is 373. The van der Waals surface area contributed by atoms with Crippen molar-refractivity contribution in [2.75, 3.05) is 25.6 Å². The molecule has 0 fully saturated rings. The van der Waals surface area contributed by atoms with Gasteiger partial charge in [-0.3, -0.25) is 0 Å². The molecule has 0 spiro atoms. The van der Waals surface area contributed by atoms with E-state index in [1.807, 2.05) is 14.1 Å². The average molecular weight is 432 g/mol. The Balaban J connectivity index is 2.41. The third-order valence-corrected chi connectivity index (χ3v) is 2.70.